The molecule has 9 heteroatoms. The highest BCUT2D eigenvalue weighted by Gasteiger charge is 2.27. The molecule has 0 bridgehead atoms. The number of amides is 2. The second kappa shape index (κ2) is 7.14. The molecule has 0 fully saturated rings. The lowest BCUT2D eigenvalue weighted by molar-refractivity contribution is -0.176. The third kappa shape index (κ3) is 5.99. The van der Waals surface area contributed by atoms with E-state index in [1.54, 1.807) is 37.5 Å². The molecule has 124 valence electrons. The number of aromatic nitrogens is 2. The van der Waals surface area contributed by atoms with Crippen molar-refractivity contribution in [2.45, 2.75) is 12.8 Å². The average molecular weight is 328 g/mol. The van der Waals surface area contributed by atoms with Crippen molar-refractivity contribution in [3.63, 3.8) is 0 Å². The van der Waals surface area contributed by atoms with Gasteiger partial charge in [-0.15, -0.1) is 0 Å². The molecule has 2 aromatic rings. The van der Waals surface area contributed by atoms with Crippen molar-refractivity contribution in [3.8, 4) is 0 Å². The van der Waals surface area contributed by atoms with E-state index in [1.165, 1.54) is 10.7 Å². The van der Waals surface area contributed by atoms with Crippen molar-refractivity contribution in [1.29, 1.82) is 0 Å². The number of aryl methyl sites for hydroxylation is 1. The van der Waals surface area contributed by atoms with Crippen molar-refractivity contribution in [2.24, 2.45) is 7.05 Å². The highest BCUT2D eigenvalue weighted by Crippen LogP contribution is 2.17. The first-order valence-corrected chi connectivity index (χ1v) is 6.63. The molecule has 0 saturated carbocycles. The van der Waals surface area contributed by atoms with E-state index in [1.807, 2.05) is 0 Å². The number of nitrogens with zero attached hydrogens (tertiary/aromatic N) is 2. The van der Waals surface area contributed by atoms with Crippen LogP contribution in [-0.2, 0) is 18.4 Å². The van der Waals surface area contributed by atoms with Gasteiger partial charge in [0.1, 0.15) is 6.61 Å². The zero-order valence-corrected chi connectivity index (χ0v) is 12.2. The Morgan fingerprint density at radius 3 is 2.74 bits per heavy atom. The van der Waals surface area contributed by atoms with Gasteiger partial charge in [0.2, 0.25) is 0 Å². The SMILES string of the molecule is Cn1ccc(NC(=O)Nc2cccc(COCC(F)(F)F)c2)n1. The predicted molar refractivity (Wildman–Crippen MR) is 78.0 cm³/mol. The average Bonchev–Trinajstić information content (AvgIpc) is 2.83. The van der Waals surface area contributed by atoms with Gasteiger partial charge in [-0.2, -0.15) is 18.3 Å². The summed E-state index contributed by atoms with van der Waals surface area (Å²) in [6.45, 7) is -1.51. The summed E-state index contributed by atoms with van der Waals surface area (Å²) in [5.41, 5.74) is 0.955. The number of urea groups is 1. The van der Waals surface area contributed by atoms with Gasteiger partial charge in [-0.05, 0) is 17.7 Å². The molecular weight excluding hydrogens is 313 g/mol. The van der Waals surface area contributed by atoms with Crippen LogP contribution in [0.3, 0.4) is 0 Å². The van der Waals surface area contributed by atoms with Crippen molar-refractivity contribution in [1.82, 2.24) is 9.78 Å². The van der Waals surface area contributed by atoms with Gasteiger partial charge in [0.15, 0.2) is 5.82 Å². The minimum absolute atomic E-state index is 0.198. The highest BCUT2D eigenvalue weighted by molar-refractivity contribution is 5.99. The van der Waals surface area contributed by atoms with E-state index < -0.39 is 18.8 Å². The van der Waals surface area contributed by atoms with Gasteiger partial charge < -0.3 is 10.1 Å². The molecule has 0 spiro atoms. The molecule has 2 N–H and O–H groups in total. The van der Waals surface area contributed by atoms with E-state index in [-0.39, 0.29) is 6.61 Å². The number of hydrogen-bond acceptors (Lipinski definition) is 3. The van der Waals surface area contributed by atoms with Crippen LogP contribution in [0.5, 0.6) is 0 Å². The smallest absolute Gasteiger partial charge is 0.367 e. The number of nitrogens with one attached hydrogen (secondary N) is 2. The van der Waals surface area contributed by atoms with E-state index in [2.05, 4.69) is 20.5 Å². The summed E-state index contributed by atoms with van der Waals surface area (Å²) in [6, 6.07) is 7.50. The number of hydrogen-bond donors (Lipinski definition) is 2. The van der Waals surface area contributed by atoms with Gasteiger partial charge in [-0.25, -0.2) is 4.79 Å². The van der Waals surface area contributed by atoms with Gasteiger partial charge in [0, 0.05) is 25.0 Å². The third-order valence-electron chi connectivity index (χ3n) is 2.67. The van der Waals surface area contributed by atoms with Crippen LogP contribution < -0.4 is 10.6 Å². The van der Waals surface area contributed by atoms with Crippen LogP contribution in [0.4, 0.5) is 29.5 Å². The quantitative estimate of drug-likeness (QED) is 0.886. The van der Waals surface area contributed by atoms with Crippen LogP contribution in [0.2, 0.25) is 0 Å². The largest absolute Gasteiger partial charge is 0.411 e. The first kappa shape index (κ1) is 16.8. The second-order valence-electron chi connectivity index (χ2n) is 4.76. The molecule has 0 atom stereocenters. The Balaban J connectivity index is 1.87. The maximum absolute atomic E-state index is 12.0. The molecule has 0 unspecified atom stereocenters. The number of rotatable bonds is 5. The van der Waals surface area contributed by atoms with Crippen molar-refractivity contribution >= 4 is 17.5 Å². The summed E-state index contributed by atoms with van der Waals surface area (Å²) in [6.07, 6.45) is -2.69. The molecular formula is C14H15F3N4O2. The maximum atomic E-state index is 12.0. The van der Waals surface area contributed by atoms with Crippen LogP contribution in [0.1, 0.15) is 5.56 Å². The Hall–Kier alpha value is -2.55. The molecule has 23 heavy (non-hydrogen) atoms. The van der Waals surface area contributed by atoms with E-state index in [9.17, 15) is 18.0 Å². The van der Waals surface area contributed by atoms with Crippen LogP contribution in [-0.4, -0.2) is 28.6 Å². The van der Waals surface area contributed by atoms with Gasteiger partial charge in [-0.1, -0.05) is 12.1 Å². The molecule has 0 aliphatic rings. The molecule has 1 aromatic carbocycles. The lowest BCUT2D eigenvalue weighted by Crippen LogP contribution is -2.20. The summed E-state index contributed by atoms with van der Waals surface area (Å²) < 4.78 is 42.2. The lowest BCUT2D eigenvalue weighted by atomic mass is 10.2. The number of halogens is 3. The summed E-state index contributed by atoms with van der Waals surface area (Å²) >= 11 is 0. The second-order valence-corrected chi connectivity index (χ2v) is 4.76. The number of carbonyl (C=O) groups excluding carboxylic acids is 1. The molecule has 2 rings (SSSR count). The Morgan fingerprint density at radius 2 is 2.09 bits per heavy atom. The molecule has 0 saturated heterocycles. The first-order valence-electron chi connectivity index (χ1n) is 6.63. The fraction of sp³-hybridized carbons (Fsp3) is 0.286. The third-order valence-corrected chi connectivity index (χ3v) is 2.67. The monoisotopic (exact) mass is 328 g/mol. The first-order chi connectivity index (χ1) is 10.8. The Morgan fingerprint density at radius 1 is 1.30 bits per heavy atom. The fourth-order valence-electron chi connectivity index (χ4n) is 1.78. The van der Waals surface area contributed by atoms with Crippen LogP contribution in [0.15, 0.2) is 36.5 Å². The summed E-state index contributed by atoms with van der Waals surface area (Å²) in [5.74, 6) is 0.384. The number of alkyl halides is 3. The summed E-state index contributed by atoms with van der Waals surface area (Å²) in [5, 5.41) is 9.09. The molecule has 1 aromatic heterocycles. The standard InChI is InChI=1S/C14H15F3N4O2/c1-21-6-5-12(20-21)19-13(22)18-11-4-2-3-10(7-11)8-23-9-14(15,16)17/h2-7H,8-9H2,1H3,(H2,18,19,20,22). The highest BCUT2D eigenvalue weighted by atomic mass is 19.4. The molecule has 6 nitrogen and oxygen atoms in total. The van der Waals surface area contributed by atoms with Crippen LogP contribution >= 0.6 is 0 Å². The summed E-state index contributed by atoms with van der Waals surface area (Å²) in [4.78, 5) is 11.8. The minimum atomic E-state index is -4.36. The number of carbonyl (C=O) groups is 1. The topological polar surface area (TPSA) is 68.2 Å². The van der Waals surface area contributed by atoms with E-state index in [0.29, 0.717) is 17.1 Å². The van der Waals surface area contributed by atoms with E-state index in [4.69, 9.17) is 0 Å². The van der Waals surface area contributed by atoms with Crippen LogP contribution in [0, 0.1) is 0 Å². The maximum Gasteiger partial charge on any atom is 0.411 e. The Labute approximate surface area is 130 Å². The minimum Gasteiger partial charge on any atom is -0.367 e. The van der Waals surface area contributed by atoms with Crippen LogP contribution in [0.25, 0.3) is 0 Å². The molecule has 0 aliphatic heterocycles. The Bertz CT molecular complexity index is 670. The van der Waals surface area contributed by atoms with Gasteiger partial charge in [-0.3, -0.25) is 10.00 Å². The van der Waals surface area contributed by atoms with E-state index in [0.717, 1.165) is 0 Å². The number of benzene rings is 1. The zero-order valence-electron chi connectivity index (χ0n) is 12.2. The number of anilines is 2. The van der Waals surface area contributed by atoms with Gasteiger partial charge >= 0.3 is 12.2 Å². The Kier molecular flexibility index (Phi) is 5.22. The lowest BCUT2D eigenvalue weighted by Gasteiger charge is -2.09. The van der Waals surface area contributed by atoms with Crippen molar-refractivity contribution in [2.75, 3.05) is 17.2 Å². The predicted octanol–water partition coefficient (Wildman–Crippen LogP) is 3.14. The number of ether oxygens (including phenoxy) is 1. The van der Waals surface area contributed by atoms with Crippen molar-refractivity contribution < 1.29 is 22.7 Å². The molecule has 0 aliphatic carbocycles. The summed E-state index contributed by atoms with van der Waals surface area (Å²) in [7, 11) is 1.72. The molecule has 2 amide bonds. The fourth-order valence-corrected chi connectivity index (χ4v) is 1.78. The normalized spacial score (nSPS) is 11.3. The van der Waals surface area contributed by atoms with E-state index >= 15 is 0 Å². The van der Waals surface area contributed by atoms with Gasteiger partial charge in [0.05, 0.1) is 6.61 Å². The zero-order chi connectivity index (χ0) is 16.9. The molecule has 0 radical (unpaired) electrons. The van der Waals surface area contributed by atoms with Gasteiger partial charge in [0.25, 0.3) is 0 Å². The molecule has 1 heterocycles. The van der Waals surface area contributed by atoms with Crippen molar-refractivity contribution in [3.05, 3.63) is 42.1 Å².